The fraction of sp³-hybridized carbons (Fsp3) is 0.200. The van der Waals surface area contributed by atoms with Crippen LogP contribution in [0.4, 0.5) is 4.39 Å². The first-order chi connectivity index (χ1) is 12.6. The van der Waals surface area contributed by atoms with Gasteiger partial charge in [0.05, 0.1) is 10.7 Å². The first kappa shape index (κ1) is 18.1. The Balaban J connectivity index is 1.48. The summed E-state index contributed by atoms with van der Waals surface area (Å²) in [5, 5.41) is 5.76. The molecule has 2 aromatic carbocycles. The van der Waals surface area contributed by atoms with Gasteiger partial charge in [0, 0.05) is 23.9 Å². The largest absolute Gasteiger partial charge is 0.478 e. The molecule has 0 aliphatic heterocycles. The molecule has 0 unspecified atom stereocenters. The molecule has 0 saturated carbocycles. The van der Waals surface area contributed by atoms with Crippen molar-refractivity contribution in [1.82, 2.24) is 10.3 Å². The van der Waals surface area contributed by atoms with Crippen molar-refractivity contribution >= 4 is 17.2 Å². The summed E-state index contributed by atoms with van der Waals surface area (Å²) in [5.74, 6) is -0.695. The van der Waals surface area contributed by atoms with Crippen LogP contribution in [0.15, 0.2) is 60.0 Å². The summed E-state index contributed by atoms with van der Waals surface area (Å²) >= 11 is 1.57. The fourth-order valence-electron chi connectivity index (χ4n) is 2.39. The highest BCUT2D eigenvalue weighted by Crippen LogP contribution is 2.21. The van der Waals surface area contributed by atoms with Crippen molar-refractivity contribution in [3.05, 3.63) is 70.8 Å². The van der Waals surface area contributed by atoms with Crippen LogP contribution in [-0.4, -0.2) is 23.5 Å². The maximum Gasteiger partial charge on any atom is 0.260 e. The van der Waals surface area contributed by atoms with Crippen molar-refractivity contribution in [1.29, 1.82) is 0 Å². The van der Waals surface area contributed by atoms with Crippen LogP contribution in [0.2, 0.25) is 0 Å². The average Bonchev–Trinajstić information content (AvgIpc) is 3.13. The predicted molar refractivity (Wildman–Crippen MR) is 101 cm³/mol. The molecule has 3 aromatic rings. The minimum atomic E-state index is -0.775. The number of nitrogens with one attached hydrogen (secondary N) is 1. The van der Waals surface area contributed by atoms with E-state index >= 15 is 0 Å². The van der Waals surface area contributed by atoms with Gasteiger partial charge in [-0.05, 0) is 19.1 Å². The second-order valence-electron chi connectivity index (χ2n) is 5.72. The summed E-state index contributed by atoms with van der Waals surface area (Å²) in [5.41, 5.74) is 2.01. The number of para-hydroxylation sites is 1. The lowest BCUT2D eigenvalue weighted by Crippen LogP contribution is -2.37. The van der Waals surface area contributed by atoms with Crippen LogP contribution in [0.3, 0.4) is 0 Å². The zero-order valence-corrected chi connectivity index (χ0v) is 15.1. The highest BCUT2D eigenvalue weighted by Gasteiger charge is 2.16. The molecule has 1 atom stereocenters. The Bertz CT molecular complexity index is 867. The summed E-state index contributed by atoms with van der Waals surface area (Å²) < 4.78 is 18.9. The molecule has 1 amide bonds. The van der Waals surface area contributed by atoms with Crippen LogP contribution in [0, 0.1) is 5.82 Å². The maximum absolute atomic E-state index is 13.6. The third-order valence-corrected chi connectivity index (χ3v) is 4.68. The van der Waals surface area contributed by atoms with E-state index in [9.17, 15) is 9.18 Å². The van der Waals surface area contributed by atoms with Gasteiger partial charge >= 0.3 is 0 Å². The van der Waals surface area contributed by atoms with Gasteiger partial charge in [-0.2, -0.15) is 0 Å². The van der Waals surface area contributed by atoms with Crippen molar-refractivity contribution in [2.75, 3.05) is 6.54 Å². The molecule has 0 aliphatic carbocycles. The predicted octanol–water partition coefficient (Wildman–Crippen LogP) is 4.08. The van der Waals surface area contributed by atoms with E-state index in [-0.39, 0.29) is 11.7 Å². The molecule has 0 saturated heterocycles. The van der Waals surface area contributed by atoms with Crippen LogP contribution >= 0.6 is 11.3 Å². The van der Waals surface area contributed by atoms with Gasteiger partial charge in [-0.1, -0.05) is 42.5 Å². The highest BCUT2D eigenvalue weighted by molar-refractivity contribution is 7.09. The molecule has 1 heterocycles. The minimum absolute atomic E-state index is 0.0718. The van der Waals surface area contributed by atoms with Crippen LogP contribution in [0.25, 0.3) is 11.3 Å². The molecule has 3 rings (SSSR count). The monoisotopic (exact) mass is 370 g/mol. The van der Waals surface area contributed by atoms with Crippen molar-refractivity contribution in [2.45, 2.75) is 19.4 Å². The summed E-state index contributed by atoms with van der Waals surface area (Å²) in [7, 11) is 0. The highest BCUT2D eigenvalue weighted by atomic mass is 32.1. The second-order valence-corrected chi connectivity index (χ2v) is 6.67. The molecule has 0 aliphatic rings. The number of hydrogen-bond donors (Lipinski definition) is 1. The van der Waals surface area contributed by atoms with E-state index in [1.807, 2.05) is 35.7 Å². The van der Waals surface area contributed by atoms with Gasteiger partial charge in [0.1, 0.15) is 0 Å². The van der Waals surface area contributed by atoms with Gasteiger partial charge in [0.25, 0.3) is 5.91 Å². The van der Waals surface area contributed by atoms with E-state index in [2.05, 4.69) is 10.3 Å². The number of carbonyl (C=O) groups excluding carboxylic acids is 1. The normalized spacial score (nSPS) is 11.8. The van der Waals surface area contributed by atoms with Gasteiger partial charge < -0.3 is 10.1 Å². The van der Waals surface area contributed by atoms with E-state index in [1.54, 1.807) is 30.4 Å². The number of thiazole rings is 1. The summed E-state index contributed by atoms with van der Waals surface area (Å²) in [6.45, 7) is 2.05. The first-order valence-corrected chi connectivity index (χ1v) is 9.20. The van der Waals surface area contributed by atoms with Gasteiger partial charge in [-0.15, -0.1) is 11.3 Å². The lowest BCUT2D eigenvalue weighted by molar-refractivity contribution is -0.127. The number of benzene rings is 2. The van der Waals surface area contributed by atoms with Crippen LogP contribution < -0.4 is 10.1 Å². The molecule has 1 aromatic heterocycles. The first-order valence-electron chi connectivity index (χ1n) is 8.32. The molecule has 0 fully saturated rings. The number of halogens is 1. The Morgan fingerprint density at radius 2 is 1.92 bits per heavy atom. The SMILES string of the molecule is C[C@H](Oc1ccccc1F)C(=O)NCCc1nc(-c2ccccc2)cs1. The Kier molecular flexibility index (Phi) is 5.96. The number of rotatable bonds is 7. The molecular weight excluding hydrogens is 351 g/mol. The number of hydrogen-bond acceptors (Lipinski definition) is 4. The van der Waals surface area contributed by atoms with E-state index in [4.69, 9.17) is 4.74 Å². The van der Waals surface area contributed by atoms with Crippen LogP contribution in [0.1, 0.15) is 11.9 Å². The zero-order chi connectivity index (χ0) is 18.4. The van der Waals surface area contributed by atoms with E-state index < -0.39 is 11.9 Å². The summed E-state index contributed by atoms with van der Waals surface area (Å²) in [6.07, 6.45) is -0.140. The standard InChI is InChI=1S/C20H19FN2O2S/c1-14(25-18-10-6-5-9-16(18)21)20(24)22-12-11-19-23-17(13-26-19)15-7-3-2-4-8-15/h2-10,13-14H,11-12H2,1H3,(H,22,24)/t14-/m0/s1. The Morgan fingerprint density at radius 3 is 2.69 bits per heavy atom. The third kappa shape index (κ3) is 4.67. The topological polar surface area (TPSA) is 51.2 Å². The molecule has 0 spiro atoms. The lowest BCUT2D eigenvalue weighted by Gasteiger charge is -2.14. The minimum Gasteiger partial charge on any atom is -0.478 e. The number of ether oxygens (including phenoxy) is 1. The fourth-order valence-corrected chi connectivity index (χ4v) is 3.20. The molecule has 4 nitrogen and oxygen atoms in total. The van der Waals surface area contributed by atoms with E-state index in [1.165, 1.54) is 12.1 Å². The van der Waals surface area contributed by atoms with Crippen LogP contribution in [-0.2, 0) is 11.2 Å². The average molecular weight is 370 g/mol. The Labute approximate surface area is 155 Å². The van der Waals surface area contributed by atoms with Crippen molar-refractivity contribution in [3.8, 4) is 17.0 Å². The van der Waals surface area contributed by atoms with E-state index in [0.717, 1.165) is 16.3 Å². The van der Waals surface area contributed by atoms with Gasteiger partial charge in [0.15, 0.2) is 17.7 Å². The van der Waals surface area contributed by atoms with E-state index in [0.29, 0.717) is 13.0 Å². The van der Waals surface area contributed by atoms with Crippen molar-refractivity contribution in [3.63, 3.8) is 0 Å². The molecule has 134 valence electrons. The zero-order valence-electron chi connectivity index (χ0n) is 14.3. The number of nitrogens with zero attached hydrogens (tertiary/aromatic N) is 1. The molecule has 1 N–H and O–H groups in total. The number of amides is 1. The second kappa shape index (κ2) is 8.58. The molecule has 26 heavy (non-hydrogen) atoms. The molecule has 0 bridgehead atoms. The summed E-state index contributed by atoms with van der Waals surface area (Å²) in [4.78, 5) is 16.7. The van der Waals surface area contributed by atoms with Crippen LogP contribution in [0.5, 0.6) is 5.75 Å². The van der Waals surface area contributed by atoms with Gasteiger partial charge in [0.2, 0.25) is 0 Å². The van der Waals surface area contributed by atoms with Crippen molar-refractivity contribution < 1.29 is 13.9 Å². The Hall–Kier alpha value is -2.73. The van der Waals surface area contributed by atoms with Crippen molar-refractivity contribution in [2.24, 2.45) is 0 Å². The van der Waals surface area contributed by atoms with Gasteiger partial charge in [-0.25, -0.2) is 9.37 Å². The number of carbonyl (C=O) groups is 1. The number of aromatic nitrogens is 1. The lowest BCUT2D eigenvalue weighted by atomic mass is 10.2. The third-order valence-electron chi connectivity index (χ3n) is 3.77. The Morgan fingerprint density at radius 1 is 1.19 bits per heavy atom. The summed E-state index contributed by atoms with van der Waals surface area (Å²) in [6, 6.07) is 16.0. The maximum atomic E-state index is 13.6. The molecule has 6 heteroatoms. The smallest absolute Gasteiger partial charge is 0.260 e. The van der Waals surface area contributed by atoms with Gasteiger partial charge in [-0.3, -0.25) is 4.79 Å². The quantitative estimate of drug-likeness (QED) is 0.682. The molecule has 0 radical (unpaired) electrons. The molecular formula is C20H19FN2O2S.